The van der Waals surface area contributed by atoms with Gasteiger partial charge >= 0.3 is 0 Å². The molecule has 0 aromatic heterocycles. The van der Waals surface area contributed by atoms with Gasteiger partial charge in [0, 0.05) is 23.8 Å². The van der Waals surface area contributed by atoms with Crippen LogP contribution in [0.1, 0.15) is 35.2 Å². The van der Waals surface area contributed by atoms with E-state index < -0.39 is 24.9 Å². The van der Waals surface area contributed by atoms with Crippen LogP contribution in [0.3, 0.4) is 0 Å². The summed E-state index contributed by atoms with van der Waals surface area (Å²) in [6.07, 6.45) is -2.63. The van der Waals surface area contributed by atoms with E-state index in [-0.39, 0.29) is 0 Å². The third-order valence-corrected chi connectivity index (χ3v) is 4.86. The van der Waals surface area contributed by atoms with Crippen LogP contribution in [-0.4, -0.2) is 18.9 Å². The van der Waals surface area contributed by atoms with Gasteiger partial charge in [0.15, 0.2) is 0 Å². The van der Waals surface area contributed by atoms with Gasteiger partial charge < -0.3 is 16.0 Å². The second-order valence-corrected chi connectivity index (χ2v) is 7.25. The van der Waals surface area contributed by atoms with E-state index in [0.29, 0.717) is 10.6 Å². The Morgan fingerprint density at radius 3 is 2.68 bits per heavy atom. The average molecular weight is 406 g/mol. The van der Waals surface area contributed by atoms with Crippen molar-refractivity contribution < 1.29 is 13.6 Å². The van der Waals surface area contributed by atoms with Crippen molar-refractivity contribution in [3.05, 3.63) is 70.3 Å². The largest absolute Gasteiger partial charge is 0.370 e. The van der Waals surface area contributed by atoms with Gasteiger partial charge in [-0.1, -0.05) is 35.9 Å². The number of rotatable bonds is 7. The van der Waals surface area contributed by atoms with Crippen molar-refractivity contribution in [2.24, 2.45) is 0 Å². The highest BCUT2D eigenvalue weighted by molar-refractivity contribution is 6.30. The quantitative estimate of drug-likeness (QED) is 0.635. The summed E-state index contributed by atoms with van der Waals surface area (Å²) < 4.78 is 25.3. The summed E-state index contributed by atoms with van der Waals surface area (Å²) in [6, 6.07) is 10.1. The van der Waals surface area contributed by atoms with E-state index >= 15 is 0 Å². The van der Waals surface area contributed by atoms with Gasteiger partial charge in [0.05, 0.1) is 6.54 Å². The summed E-state index contributed by atoms with van der Waals surface area (Å²) in [6.45, 7) is 6.62. The molecule has 7 heteroatoms. The normalized spacial score (nSPS) is 13.9. The van der Waals surface area contributed by atoms with Crippen molar-refractivity contribution in [2.45, 2.75) is 32.5 Å². The molecule has 0 aliphatic carbocycles. The van der Waals surface area contributed by atoms with Crippen molar-refractivity contribution in [3.63, 3.8) is 0 Å². The SMILES string of the molecule is C=C(C)c1ccc(Cl)cc1[C@H](Nc1ccc2c(c1)CNC2)C(=O)NCC(F)F. The Bertz CT molecular complexity index is 901. The summed E-state index contributed by atoms with van der Waals surface area (Å²) >= 11 is 6.16. The molecule has 148 valence electrons. The number of alkyl halides is 2. The minimum Gasteiger partial charge on any atom is -0.370 e. The van der Waals surface area contributed by atoms with Crippen molar-refractivity contribution in [2.75, 3.05) is 11.9 Å². The van der Waals surface area contributed by atoms with Crippen LogP contribution in [0.15, 0.2) is 43.0 Å². The first kappa shape index (κ1) is 20.3. The molecule has 1 aliphatic heterocycles. The fraction of sp³-hybridized carbons (Fsp3) is 0.286. The lowest BCUT2D eigenvalue weighted by Gasteiger charge is -2.23. The molecule has 2 aromatic carbocycles. The van der Waals surface area contributed by atoms with Gasteiger partial charge in [-0.15, -0.1) is 0 Å². The Morgan fingerprint density at radius 1 is 1.21 bits per heavy atom. The van der Waals surface area contributed by atoms with Gasteiger partial charge in [-0.25, -0.2) is 8.78 Å². The average Bonchev–Trinajstić information content (AvgIpc) is 3.11. The number of benzene rings is 2. The molecule has 0 saturated carbocycles. The van der Waals surface area contributed by atoms with Gasteiger partial charge in [-0.3, -0.25) is 4.79 Å². The van der Waals surface area contributed by atoms with Crippen LogP contribution in [0.5, 0.6) is 0 Å². The van der Waals surface area contributed by atoms with Crippen molar-refractivity contribution in [1.29, 1.82) is 0 Å². The number of anilines is 1. The molecule has 3 rings (SSSR count). The zero-order chi connectivity index (χ0) is 20.3. The zero-order valence-corrected chi connectivity index (χ0v) is 16.2. The first-order chi connectivity index (χ1) is 13.3. The standard InChI is InChI=1S/C21H22ClF2N3O/c1-12(2)17-6-4-15(22)8-18(17)20(21(28)26-11-19(23)24)27-16-5-3-13-9-25-10-14(13)7-16/h3-8,19-20,25,27H,1,9-11H2,2H3,(H,26,28)/t20-/m0/s1. The fourth-order valence-corrected chi connectivity index (χ4v) is 3.46. The lowest BCUT2D eigenvalue weighted by atomic mass is 9.95. The number of amides is 1. The van der Waals surface area contributed by atoms with E-state index in [2.05, 4.69) is 22.5 Å². The van der Waals surface area contributed by atoms with E-state index in [1.807, 2.05) is 25.1 Å². The maximum atomic E-state index is 12.8. The third-order valence-electron chi connectivity index (χ3n) is 4.63. The Balaban J connectivity index is 1.97. The molecule has 3 N–H and O–H groups in total. The van der Waals surface area contributed by atoms with Crippen LogP contribution in [0.2, 0.25) is 5.02 Å². The Hall–Kier alpha value is -2.44. The lowest BCUT2D eigenvalue weighted by molar-refractivity contribution is -0.122. The maximum Gasteiger partial charge on any atom is 0.255 e. The summed E-state index contributed by atoms with van der Waals surface area (Å²) in [5, 5.41) is 9.21. The lowest BCUT2D eigenvalue weighted by Crippen LogP contribution is -2.36. The number of fused-ring (bicyclic) bond motifs is 1. The van der Waals surface area contributed by atoms with E-state index in [9.17, 15) is 13.6 Å². The number of carbonyl (C=O) groups excluding carboxylic acids is 1. The Labute approximate surface area is 168 Å². The van der Waals surface area contributed by atoms with Crippen molar-refractivity contribution >= 4 is 28.8 Å². The monoisotopic (exact) mass is 405 g/mol. The van der Waals surface area contributed by atoms with Crippen LogP contribution < -0.4 is 16.0 Å². The van der Waals surface area contributed by atoms with E-state index in [0.717, 1.165) is 35.5 Å². The highest BCUT2D eigenvalue weighted by atomic mass is 35.5. The summed E-state index contributed by atoms with van der Waals surface area (Å²) in [7, 11) is 0. The number of halogens is 3. The predicted molar refractivity (Wildman–Crippen MR) is 109 cm³/mol. The van der Waals surface area contributed by atoms with Crippen LogP contribution in [-0.2, 0) is 17.9 Å². The second-order valence-electron chi connectivity index (χ2n) is 6.81. The van der Waals surface area contributed by atoms with Gasteiger partial charge in [0.25, 0.3) is 6.43 Å². The van der Waals surface area contributed by atoms with E-state index in [1.54, 1.807) is 18.2 Å². The molecule has 0 fully saturated rings. The van der Waals surface area contributed by atoms with Crippen LogP contribution in [0.4, 0.5) is 14.5 Å². The smallest absolute Gasteiger partial charge is 0.255 e. The molecule has 1 atom stereocenters. The number of allylic oxidation sites excluding steroid dienone is 1. The number of nitrogens with one attached hydrogen (secondary N) is 3. The molecular weight excluding hydrogens is 384 g/mol. The van der Waals surface area contributed by atoms with Gasteiger partial charge in [0.1, 0.15) is 6.04 Å². The fourth-order valence-electron chi connectivity index (χ4n) is 3.28. The summed E-state index contributed by atoms with van der Waals surface area (Å²) in [5.74, 6) is -0.552. The molecule has 0 spiro atoms. The molecule has 0 bridgehead atoms. The van der Waals surface area contributed by atoms with Crippen LogP contribution in [0, 0.1) is 0 Å². The topological polar surface area (TPSA) is 53.2 Å². The maximum absolute atomic E-state index is 12.8. The predicted octanol–water partition coefficient (Wildman–Crippen LogP) is 4.51. The second kappa shape index (κ2) is 8.71. The van der Waals surface area contributed by atoms with Crippen molar-refractivity contribution in [3.8, 4) is 0 Å². The minimum atomic E-state index is -2.63. The van der Waals surface area contributed by atoms with Gasteiger partial charge in [0.2, 0.25) is 5.91 Å². The van der Waals surface area contributed by atoms with E-state index in [1.165, 1.54) is 5.56 Å². The number of hydrogen-bond donors (Lipinski definition) is 3. The molecule has 4 nitrogen and oxygen atoms in total. The first-order valence-electron chi connectivity index (χ1n) is 8.95. The molecule has 0 unspecified atom stereocenters. The van der Waals surface area contributed by atoms with Crippen molar-refractivity contribution in [1.82, 2.24) is 10.6 Å². The molecule has 0 radical (unpaired) electrons. The molecule has 2 aromatic rings. The first-order valence-corrected chi connectivity index (χ1v) is 9.33. The van der Waals surface area contributed by atoms with Crippen LogP contribution in [0.25, 0.3) is 5.57 Å². The summed E-state index contributed by atoms with van der Waals surface area (Å²) in [4.78, 5) is 12.8. The molecule has 1 heterocycles. The molecular formula is C21H22ClF2N3O. The molecule has 0 saturated heterocycles. The number of carbonyl (C=O) groups is 1. The highest BCUT2D eigenvalue weighted by Crippen LogP contribution is 2.31. The molecule has 28 heavy (non-hydrogen) atoms. The van der Waals surface area contributed by atoms with E-state index in [4.69, 9.17) is 11.6 Å². The highest BCUT2D eigenvalue weighted by Gasteiger charge is 2.25. The van der Waals surface area contributed by atoms with Gasteiger partial charge in [-0.2, -0.15) is 0 Å². The Kier molecular flexibility index (Phi) is 6.31. The van der Waals surface area contributed by atoms with Crippen LogP contribution >= 0.6 is 11.6 Å². The summed E-state index contributed by atoms with van der Waals surface area (Å²) in [5.41, 5.74) is 5.16. The molecule has 1 amide bonds. The number of hydrogen-bond acceptors (Lipinski definition) is 3. The zero-order valence-electron chi connectivity index (χ0n) is 15.5. The third kappa shape index (κ3) is 4.69. The Morgan fingerprint density at radius 2 is 1.96 bits per heavy atom. The van der Waals surface area contributed by atoms with Gasteiger partial charge in [-0.05, 0) is 53.4 Å². The molecule has 1 aliphatic rings. The minimum absolute atomic E-state index is 0.451.